The summed E-state index contributed by atoms with van der Waals surface area (Å²) in [7, 11) is 0. The number of hydrogen-bond donors (Lipinski definition) is 1. The highest BCUT2D eigenvalue weighted by atomic mass is 79.9. The summed E-state index contributed by atoms with van der Waals surface area (Å²) in [5.74, 6) is 0.239. The lowest BCUT2D eigenvalue weighted by Crippen LogP contribution is -2.52. The van der Waals surface area contributed by atoms with Crippen molar-refractivity contribution in [1.82, 2.24) is 5.32 Å². The fourth-order valence-corrected chi connectivity index (χ4v) is 5.01. The number of nitrogens with one attached hydrogen (secondary N) is 1. The van der Waals surface area contributed by atoms with E-state index in [0.717, 1.165) is 38.0 Å². The second kappa shape index (κ2) is 7.73. The Morgan fingerprint density at radius 1 is 1.00 bits per heavy atom. The van der Waals surface area contributed by atoms with Crippen LogP contribution in [0.1, 0.15) is 62.4 Å². The topological polar surface area (TPSA) is 29.1 Å². The lowest BCUT2D eigenvalue weighted by molar-refractivity contribution is -0.843. The van der Waals surface area contributed by atoms with Crippen LogP contribution in [0, 0.1) is 0 Å². The van der Waals surface area contributed by atoms with Crippen LogP contribution in [0.4, 0.5) is 0 Å². The molecule has 2 heterocycles. The van der Waals surface area contributed by atoms with Crippen LogP contribution in [0.15, 0.2) is 29.8 Å². The largest absolute Gasteiger partial charge is 0.345 e. The molecule has 2 unspecified atom stereocenters. The molecule has 0 radical (unpaired) electrons. The summed E-state index contributed by atoms with van der Waals surface area (Å²) >= 11 is 3.84. The van der Waals surface area contributed by atoms with Gasteiger partial charge in [-0.25, -0.2) is 4.79 Å². The van der Waals surface area contributed by atoms with Gasteiger partial charge in [-0.3, -0.25) is 4.48 Å². The highest BCUT2D eigenvalue weighted by Gasteiger charge is 2.33. The third-order valence-corrected chi connectivity index (χ3v) is 7.28. The van der Waals surface area contributed by atoms with Crippen molar-refractivity contribution in [3.63, 3.8) is 0 Å². The van der Waals surface area contributed by atoms with Gasteiger partial charge in [-0.15, -0.1) is 0 Å². The van der Waals surface area contributed by atoms with Crippen molar-refractivity contribution in [2.75, 3.05) is 19.6 Å². The van der Waals surface area contributed by atoms with Crippen LogP contribution >= 0.6 is 15.9 Å². The van der Waals surface area contributed by atoms with Crippen LogP contribution in [0.5, 0.6) is 0 Å². The first-order valence-corrected chi connectivity index (χ1v) is 10.5. The Morgan fingerprint density at radius 2 is 1.48 bits per heavy atom. The van der Waals surface area contributed by atoms with E-state index >= 15 is 0 Å². The molecular weight excluding hydrogens is 376 g/mol. The zero-order valence-corrected chi connectivity index (χ0v) is 17.2. The molecule has 2 fully saturated rings. The van der Waals surface area contributed by atoms with E-state index in [1.165, 1.54) is 28.5 Å². The molecule has 0 aromatic heterocycles. The van der Waals surface area contributed by atoms with Crippen molar-refractivity contribution >= 4 is 26.3 Å². The van der Waals surface area contributed by atoms with Crippen LogP contribution < -0.4 is 5.32 Å². The Kier molecular flexibility index (Phi) is 5.81. The van der Waals surface area contributed by atoms with Gasteiger partial charge < -0.3 is 5.32 Å². The molecule has 2 bridgehead atoms. The molecule has 2 atom stereocenters. The highest BCUT2D eigenvalue weighted by molar-refractivity contribution is 9.15. The van der Waals surface area contributed by atoms with Crippen molar-refractivity contribution in [2.45, 2.75) is 58.5 Å². The minimum absolute atomic E-state index is 0.239. The average molecular weight is 406 g/mol. The maximum absolute atomic E-state index is 13.0. The number of quaternary nitrogens is 1. The van der Waals surface area contributed by atoms with Gasteiger partial charge >= 0.3 is 5.91 Å². The number of fused-ring (bicyclic) bond motifs is 2. The molecule has 0 saturated carbocycles. The van der Waals surface area contributed by atoms with Gasteiger partial charge in [0.25, 0.3) is 0 Å². The number of piperidine rings is 1. The molecule has 2 aliphatic heterocycles. The molecule has 1 N–H and O–H groups in total. The molecule has 4 heteroatoms. The van der Waals surface area contributed by atoms with Gasteiger partial charge in [0, 0.05) is 16.6 Å². The molecule has 2 aliphatic rings. The first-order valence-electron chi connectivity index (χ1n) is 9.68. The molecule has 3 nitrogen and oxygen atoms in total. The average Bonchev–Trinajstić information content (AvgIpc) is 3.00. The van der Waals surface area contributed by atoms with Crippen molar-refractivity contribution in [1.29, 1.82) is 0 Å². The summed E-state index contributed by atoms with van der Waals surface area (Å²) in [6.45, 7) is 8.84. The minimum Gasteiger partial charge on any atom is -0.311 e. The molecular formula is C21H30BrN2O+. The minimum atomic E-state index is 0.239. The number of hydrogen-bond acceptors (Lipinski definition) is 2. The van der Waals surface area contributed by atoms with E-state index in [1.807, 2.05) is 12.1 Å². The van der Waals surface area contributed by atoms with E-state index < -0.39 is 0 Å². The van der Waals surface area contributed by atoms with Crippen molar-refractivity contribution < 1.29 is 9.28 Å². The quantitative estimate of drug-likeness (QED) is 0.717. The number of nitrogens with zero attached hydrogens (tertiary/aromatic N) is 1. The van der Waals surface area contributed by atoms with E-state index in [1.54, 1.807) is 0 Å². The van der Waals surface area contributed by atoms with Gasteiger partial charge in [0.05, 0.1) is 25.2 Å². The summed E-state index contributed by atoms with van der Waals surface area (Å²) in [6, 6.07) is 9.51. The van der Waals surface area contributed by atoms with Crippen LogP contribution in [-0.2, 0) is 0 Å². The standard InChI is InChI=1S/C21H30BrN2O/c1-4-24(5-2,6-3)21(25)16-9-7-15(8-10-16)20(22)17-13-18-11-12-19(14-17)23-18/h7-10,18-19,23H,4-6,11-14H2,1-3H3/q+1. The number of amides is 1. The Bertz CT molecular complexity index is 639. The van der Waals surface area contributed by atoms with Gasteiger partial charge in [-0.1, -0.05) is 33.6 Å². The molecule has 25 heavy (non-hydrogen) atoms. The second-order valence-corrected chi connectivity index (χ2v) is 8.23. The van der Waals surface area contributed by atoms with Gasteiger partial charge in [0.15, 0.2) is 0 Å². The third-order valence-electron chi connectivity index (χ3n) is 6.26. The summed E-state index contributed by atoms with van der Waals surface area (Å²) in [4.78, 5) is 13.0. The van der Waals surface area contributed by atoms with Crippen LogP contribution in [0.3, 0.4) is 0 Å². The maximum atomic E-state index is 13.0. The fourth-order valence-electron chi connectivity index (χ4n) is 4.42. The smallest absolute Gasteiger partial charge is 0.311 e. The molecule has 136 valence electrons. The summed E-state index contributed by atoms with van der Waals surface area (Å²) in [5, 5.41) is 3.68. The lowest BCUT2D eigenvalue weighted by Gasteiger charge is -2.32. The van der Waals surface area contributed by atoms with Crippen molar-refractivity contribution in [3.8, 4) is 0 Å². The molecule has 3 rings (SSSR count). The molecule has 0 spiro atoms. The molecule has 1 amide bonds. The Balaban J connectivity index is 1.81. The highest BCUT2D eigenvalue weighted by Crippen LogP contribution is 2.37. The number of halogens is 1. The number of carbonyl (C=O) groups is 1. The predicted octanol–water partition coefficient (Wildman–Crippen LogP) is 4.72. The van der Waals surface area contributed by atoms with Crippen LogP contribution in [-0.4, -0.2) is 42.1 Å². The van der Waals surface area contributed by atoms with E-state index in [0.29, 0.717) is 16.6 Å². The summed E-state index contributed by atoms with van der Waals surface area (Å²) in [5.41, 5.74) is 3.53. The van der Waals surface area contributed by atoms with Crippen molar-refractivity contribution in [3.05, 3.63) is 41.0 Å². The van der Waals surface area contributed by atoms with Gasteiger partial charge in [-0.2, -0.15) is 0 Å². The number of rotatable bonds is 5. The number of carbonyl (C=O) groups excluding carboxylic acids is 1. The Morgan fingerprint density at radius 3 is 1.96 bits per heavy atom. The summed E-state index contributed by atoms with van der Waals surface area (Å²) in [6.07, 6.45) is 4.87. The van der Waals surface area contributed by atoms with Gasteiger partial charge in [0.1, 0.15) is 0 Å². The van der Waals surface area contributed by atoms with Crippen LogP contribution in [0.2, 0.25) is 0 Å². The van der Waals surface area contributed by atoms with Gasteiger partial charge in [0.2, 0.25) is 0 Å². The zero-order chi connectivity index (χ0) is 18.0. The fraction of sp³-hybridized carbons (Fsp3) is 0.571. The molecule has 0 aliphatic carbocycles. The van der Waals surface area contributed by atoms with Crippen LogP contribution in [0.25, 0.3) is 4.48 Å². The Labute approximate surface area is 160 Å². The Hall–Kier alpha value is -0.970. The van der Waals surface area contributed by atoms with Gasteiger partial charge in [-0.05, 0) is 64.2 Å². The van der Waals surface area contributed by atoms with E-state index in [9.17, 15) is 4.79 Å². The number of benzene rings is 1. The van der Waals surface area contributed by atoms with E-state index in [-0.39, 0.29) is 5.91 Å². The SMILES string of the molecule is CC[N+](CC)(CC)C(=O)c1ccc(C(Br)=C2CC3CCC(C2)N3)cc1. The van der Waals surface area contributed by atoms with E-state index in [2.05, 4.69) is 54.2 Å². The maximum Gasteiger partial charge on any atom is 0.345 e. The zero-order valence-electron chi connectivity index (χ0n) is 15.6. The molecule has 1 aromatic carbocycles. The molecule has 1 aromatic rings. The first-order chi connectivity index (χ1) is 12.0. The summed E-state index contributed by atoms with van der Waals surface area (Å²) < 4.78 is 1.75. The third kappa shape index (κ3) is 3.62. The lowest BCUT2D eigenvalue weighted by atomic mass is 9.96. The molecule has 2 saturated heterocycles. The van der Waals surface area contributed by atoms with E-state index in [4.69, 9.17) is 0 Å². The second-order valence-electron chi connectivity index (χ2n) is 7.44. The first kappa shape index (κ1) is 18.8. The van der Waals surface area contributed by atoms with Crippen molar-refractivity contribution in [2.24, 2.45) is 0 Å². The normalized spacial score (nSPS) is 23.0. The predicted molar refractivity (Wildman–Crippen MR) is 108 cm³/mol. The monoisotopic (exact) mass is 405 g/mol.